The topological polar surface area (TPSA) is 61.9 Å². The first kappa shape index (κ1) is 8.66. The highest BCUT2D eigenvalue weighted by Crippen LogP contribution is 2.18. The van der Waals surface area contributed by atoms with Gasteiger partial charge in [0.15, 0.2) is 0 Å². The van der Waals surface area contributed by atoms with E-state index in [1.54, 1.807) is 0 Å². The molecule has 1 aromatic carbocycles. The number of hydrogen-bond donors (Lipinski definition) is 0. The summed E-state index contributed by atoms with van der Waals surface area (Å²) in [5.41, 5.74) is 8.99. The van der Waals surface area contributed by atoms with Crippen molar-refractivity contribution in [3.05, 3.63) is 46.5 Å². The summed E-state index contributed by atoms with van der Waals surface area (Å²) in [6.45, 7) is 0.441. The zero-order valence-electron chi connectivity index (χ0n) is 7.55. The molecule has 70 valence electrons. The van der Waals surface area contributed by atoms with Gasteiger partial charge >= 0.3 is 0 Å². The second-order valence-electron chi connectivity index (χ2n) is 2.96. The molecule has 0 saturated carbocycles. The lowest BCUT2D eigenvalue weighted by Gasteiger charge is -1.87. The number of benzene rings is 1. The van der Waals surface area contributed by atoms with Crippen LogP contribution in [0.3, 0.4) is 0 Å². The number of hydrogen-bond acceptors (Lipinski definition) is 2. The molecule has 0 aliphatic carbocycles. The van der Waals surface area contributed by atoms with Crippen molar-refractivity contribution in [2.45, 2.75) is 6.42 Å². The summed E-state index contributed by atoms with van der Waals surface area (Å²) in [7, 11) is 0. The minimum atomic E-state index is 0.441. The summed E-state index contributed by atoms with van der Waals surface area (Å²) < 4.78 is 5.53. The molecule has 0 saturated heterocycles. The van der Waals surface area contributed by atoms with Gasteiger partial charge in [-0.1, -0.05) is 23.3 Å². The van der Waals surface area contributed by atoms with E-state index in [1.165, 1.54) is 0 Å². The molecule has 0 fully saturated rings. The Morgan fingerprint density at radius 3 is 3.00 bits per heavy atom. The minimum absolute atomic E-state index is 0.441. The molecule has 0 atom stereocenters. The highest BCUT2D eigenvalue weighted by Gasteiger charge is 2.01. The van der Waals surface area contributed by atoms with Crippen LogP contribution >= 0.6 is 0 Å². The van der Waals surface area contributed by atoms with Crippen LogP contribution in [0.4, 0.5) is 0 Å². The second kappa shape index (κ2) is 3.85. The largest absolute Gasteiger partial charge is 0.461 e. The van der Waals surface area contributed by atoms with Crippen LogP contribution in [-0.2, 0) is 6.42 Å². The van der Waals surface area contributed by atoms with Crippen molar-refractivity contribution in [1.82, 2.24) is 0 Å². The molecule has 4 heteroatoms. The van der Waals surface area contributed by atoms with E-state index < -0.39 is 0 Å². The zero-order valence-corrected chi connectivity index (χ0v) is 7.55. The van der Waals surface area contributed by atoms with E-state index in [0.29, 0.717) is 13.0 Å². The Morgan fingerprint density at radius 1 is 1.36 bits per heavy atom. The molecule has 4 nitrogen and oxygen atoms in total. The number of furan rings is 1. The molecule has 0 bridgehead atoms. The zero-order chi connectivity index (χ0) is 9.80. The molecular weight excluding hydrogens is 178 g/mol. The molecule has 1 heterocycles. The van der Waals surface area contributed by atoms with Gasteiger partial charge in [0.2, 0.25) is 0 Å². The second-order valence-corrected chi connectivity index (χ2v) is 2.96. The first-order valence-corrected chi connectivity index (χ1v) is 4.38. The van der Waals surface area contributed by atoms with Gasteiger partial charge < -0.3 is 4.42 Å². The van der Waals surface area contributed by atoms with Crippen LogP contribution in [0.15, 0.2) is 39.9 Å². The number of para-hydroxylation sites is 1. The third kappa shape index (κ3) is 1.70. The molecule has 2 aromatic rings. The van der Waals surface area contributed by atoms with Gasteiger partial charge in [-0.25, -0.2) is 0 Å². The summed E-state index contributed by atoms with van der Waals surface area (Å²) in [5, 5.41) is 4.54. The molecular formula is C10H9N3O. The molecule has 0 spiro atoms. The third-order valence-corrected chi connectivity index (χ3v) is 2.00. The molecule has 0 unspecified atom stereocenters. The summed E-state index contributed by atoms with van der Waals surface area (Å²) >= 11 is 0. The van der Waals surface area contributed by atoms with E-state index in [0.717, 1.165) is 16.7 Å². The lowest BCUT2D eigenvalue weighted by molar-refractivity contribution is 0.550. The van der Waals surface area contributed by atoms with E-state index in [2.05, 4.69) is 10.0 Å². The number of fused-ring (bicyclic) bond motifs is 1. The molecule has 2 rings (SSSR count). The van der Waals surface area contributed by atoms with E-state index in [-0.39, 0.29) is 0 Å². The van der Waals surface area contributed by atoms with Crippen LogP contribution in [0, 0.1) is 0 Å². The van der Waals surface area contributed by atoms with Crippen LogP contribution in [0.5, 0.6) is 0 Å². The molecule has 0 aliphatic heterocycles. The van der Waals surface area contributed by atoms with Crippen LogP contribution in [-0.4, -0.2) is 6.54 Å². The van der Waals surface area contributed by atoms with Gasteiger partial charge in [-0.15, -0.1) is 0 Å². The van der Waals surface area contributed by atoms with Gasteiger partial charge in [0.1, 0.15) is 11.3 Å². The maximum Gasteiger partial charge on any atom is 0.134 e. The van der Waals surface area contributed by atoms with E-state index in [1.807, 2.05) is 30.3 Å². The van der Waals surface area contributed by atoms with Crippen LogP contribution in [0.1, 0.15) is 5.76 Å². The van der Waals surface area contributed by atoms with Gasteiger partial charge in [-0.05, 0) is 17.7 Å². The maximum atomic E-state index is 8.11. The monoisotopic (exact) mass is 187 g/mol. The third-order valence-electron chi connectivity index (χ3n) is 2.00. The van der Waals surface area contributed by atoms with Crippen molar-refractivity contribution in [1.29, 1.82) is 0 Å². The Labute approximate surface area is 80.8 Å². The first-order valence-electron chi connectivity index (χ1n) is 4.38. The van der Waals surface area contributed by atoms with E-state index in [4.69, 9.17) is 9.95 Å². The van der Waals surface area contributed by atoms with E-state index >= 15 is 0 Å². The van der Waals surface area contributed by atoms with Crippen molar-refractivity contribution in [3.8, 4) is 0 Å². The highest BCUT2D eigenvalue weighted by molar-refractivity contribution is 5.77. The summed E-state index contributed by atoms with van der Waals surface area (Å²) in [4.78, 5) is 2.69. The van der Waals surface area contributed by atoms with Gasteiger partial charge in [0.25, 0.3) is 0 Å². The van der Waals surface area contributed by atoms with Crippen molar-refractivity contribution >= 4 is 11.0 Å². The molecule has 1 aromatic heterocycles. The highest BCUT2D eigenvalue weighted by atomic mass is 16.3. The average Bonchev–Trinajstić information content (AvgIpc) is 2.60. The van der Waals surface area contributed by atoms with Gasteiger partial charge in [-0.3, -0.25) is 0 Å². The Morgan fingerprint density at radius 2 is 2.21 bits per heavy atom. The predicted molar refractivity (Wildman–Crippen MR) is 53.9 cm³/mol. The summed E-state index contributed by atoms with van der Waals surface area (Å²) in [6, 6.07) is 9.79. The Balaban J connectivity index is 2.22. The van der Waals surface area contributed by atoms with Gasteiger partial charge in [0.05, 0.1) is 0 Å². The molecule has 0 radical (unpaired) electrons. The van der Waals surface area contributed by atoms with Gasteiger partial charge in [-0.2, -0.15) is 0 Å². The quantitative estimate of drug-likeness (QED) is 0.413. The van der Waals surface area contributed by atoms with Crippen molar-refractivity contribution < 1.29 is 4.42 Å². The predicted octanol–water partition coefficient (Wildman–Crippen LogP) is 3.29. The number of azide groups is 1. The molecule has 0 aliphatic rings. The Hall–Kier alpha value is -1.93. The fraction of sp³-hybridized carbons (Fsp3) is 0.200. The Kier molecular flexibility index (Phi) is 2.38. The van der Waals surface area contributed by atoms with E-state index in [9.17, 15) is 0 Å². The smallest absolute Gasteiger partial charge is 0.134 e. The SMILES string of the molecule is [N-]=[N+]=NCCc1cc2ccccc2o1. The van der Waals surface area contributed by atoms with Crippen LogP contribution in [0.25, 0.3) is 21.4 Å². The van der Waals surface area contributed by atoms with Crippen molar-refractivity contribution in [2.24, 2.45) is 5.11 Å². The maximum absolute atomic E-state index is 8.11. The lowest BCUT2D eigenvalue weighted by atomic mass is 10.2. The normalized spacial score (nSPS) is 10.0. The fourth-order valence-electron chi connectivity index (χ4n) is 1.36. The molecule has 14 heavy (non-hydrogen) atoms. The Bertz CT molecular complexity index is 450. The number of rotatable bonds is 3. The fourth-order valence-corrected chi connectivity index (χ4v) is 1.36. The van der Waals surface area contributed by atoms with Crippen molar-refractivity contribution in [2.75, 3.05) is 6.54 Å². The van der Waals surface area contributed by atoms with Crippen molar-refractivity contribution in [3.63, 3.8) is 0 Å². The standard InChI is InChI=1S/C10H9N3O/c11-13-12-6-5-9-7-8-3-1-2-4-10(8)14-9/h1-4,7H,5-6H2. The lowest BCUT2D eigenvalue weighted by Crippen LogP contribution is -1.83. The van der Waals surface area contributed by atoms with Crippen LogP contribution in [0.2, 0.25) is 0 Å². The molecule has 0 N–H and O–H groups in total. The minimum Gasteiger partial charge on any atom is -0.461 e. The van der Waals surface area contributed by atoms with Gasteiger partial charge in [0, 0.05) is 23.3 Å². The van der Waals surface area contributed by atoms with Crippen LogP contribution < -0.4 is 0 Å². The summed E-state index contributed by atoms with van der Waals surface area (Å²) in [6.07, 6.45) is 0.652. The summed E-state index contributed by atoms with van der Waals surface area (Å²) in [5.74, 6) is 0.860. The first-order chi connectivity index (χ1) is 6.90. The number of nitrogens with zero attached hydrogens (tertiary/aromatic N) is 3. The average molecular weight is 187 g/mol. The molecule has 0 amide bonds.